The molecule has 0 aliphatic rings. The summed E-state index contributed by atoms with van der Waals surface area (Å²) in [5.74, 6) is 0. The third kappa shape index (κ3) is 2.05. The molecular formula is C19H12ClNO2. The highest BCUT2D eigenvalue weighted by molar-refractivity contribution is 6.35. The summed E-state index contributed by atoms with van der Waals surface area (Å²) < 4.78 is 6.04. The molecule has 0 bridgehead atoms. The molecule has 3 nitrogen and oxygen atoms in total. The molecular weight excluding hydrogens is 310 g/mol. The van der Waals surface area contributed by atoms with Gasteiger partial charge in [-0.1, -0.05) is 41.9 Å². The summed E-state index contributed by atoms with van der Waals surface area (Å²) >= 11 is 6.25. The summed E-state index contributed by atoms with van der Waals surface area (Å²) in [6, 6.07) is 13.1. The molecule has 0 saturated carbocycles. The molecule has 2 aromatic heterocycles. The maximum atomic E-state index is 11.4. The number of nitrogens with zero attached hydrogens (tertiary/aromatic N) is 1. The van der Waals surface area contributed by atoms with E-state index in [2.05, 4.69) is 4.98 Å². The molecule has 2 aromatic carbocycles. The first kappa shape index (κ1) is 14.0. The molecule has 4 rings (SSSR count). The van der Waals surface area contributed by atoms with Gasteiger partial charge in [0.15, 0.2) is 17.5 Å². The van der Waals surface area contributed by atoms with Gasteiger partial charge in [0.25, 0.3) is 0 Å². The number of halogens is 1. The molecule has 0 radical (unpaired) electrons. The largest absolute Gasteiger partial charge is 0.452 e. The Hall–Kier alpha value is -2.65. The number of carbonyl (C=O) groups excluding carboxylic acids is 1. The molecule has 2 heterocycles. The number of benzene rings is 2. The van der Waals surface area contributed by atoms with Crippen LogP contribution in [0, 0.1) is 6.92 Å². The second-order valence-corrected chi connectivity index (χ2v) is 5.82. The Kier molecular flexibility index (Phi) is 3.17. The minimum absolute atomic E-state index is 0.549. The monoisotopic (exact) mass is 321 g/mol. The number of hydrogen-bond donors (Lipinski definition) is 0. The van der Waals surface area contributed by atoms with Crippen LogP contribution >= 0.6 is 11.6 Å². The number of pyridine rings is 1. The third-order valence-corrected chi connectivity index (χ3v) is 4.30. The topological polar surface area (TPSA) is 43.1 Å². The van der Waals surface area contributed by atoms with Crippen molar-refractivity contribution in [1.29, 1.82) is 0 Å². The number of fused-ring (bicyclic) bond motifs is 3. The normalized spacial score (nSPS) is 11.2. The fraction of sp³-hybridized carbons (Fsp3) is 0.0526. The van der Waals surface area contributed by atoms with E-state index in [9.17, 15) is 4.79 Å². The first-order valence-corrected chi connectivity index (χ1v) is 7.59. The van der Waals surface area contributed by atoms with Crippen LogP contribution in [0.3, 0.4) is 0 Å². The van der Waals surface area contributed by atoms with Gasteiger partial charge in [0, 0.05) is 22.7 Å². The Morgan fingerprint density at radius 1 is 1.09 bits per heavy atom. The molecule has 4 aromatic rings. The Labute approximate surface area is 137 Å². The van der Waals surface area contributed by atoms with Crippen molar-refractivity contribution in [3.05, 3.63) is 64.8 Å². The fourth-order valence-corrected chi connectivity index (χ4v) is 3.15. The molecule has 0 aliphatic heterocycles. The highest BCUT2D eigenvalue weighted by Crippen LogP contribution is 2.39. The summed E-state index contributed by atoms with van der Waals surface area (Å²) in [7, 11) is 0. The van der Waals surface area contributed by atoms with E-state index >= 15 is 0 Å². The summed E-state index contributed by atoms with van der Waals surface area (Å²) in [5.41, 5.74) is 5.31. The molecule has 0 fully saturated rings. The van der Waals surface area contributed by atoms with Crippen molar-refractivity contribution in [3.8, 4) is 11.1 Å². The van der Waals surface area contributed by atoms with E-state index in [0.29, 0.717) is 21.8 Å². The molecule has 0 amide bonds. The lowest BCUT2D eigenvalue weighted by atomic mass is 9.97. The highest BCUT2D eigenvalue weighted by atomic mass is 35.5. The Morgan fingerprint density at radius 2 is 1.91 bits per heavy atom. The van der Waals surface area contributed by atoms with E-state index in [1.807, 2.05) is 37.3 Å². The van der Waals surface area contributed by atoms with Crippen molar-refractivity contribution in [1.82, 2.24) is 4.98 Å². The molecule has 0 unspecified atom stereocenters. The predicted octanol–water partition coefficient (Wildman–Crippen LogP) is 5.42. The number of rotatable bonds is 2. The van der Waals surface area contributed by atoms with E-state index < -0.39 is 0 Å². The second-order valence-electron chi connectivity index (χ2n) is 5.42. The number of aromatic nitrogens is 1. The lowest BCUT2D eigenvalue weighted by molar-refractivity contribution is 0.112. The first-order valence-electron chi connectivity index (χ1n) is 7.21. The third-order valence-electron chi connectivity index (χ3n) is 4.01. The van der Waals surface area contributed by atoms with Crippen LogP contribution in [0.1, 0.15) is 15.9 Å². The van der Waals surface area contributed by atoms with Gasteiger partial charge < -0.3 is 4.42 Å². The number of aryl methyl sites for hydroxylation is 1. The van der Waals surface area contributed by atoms with Gasteiger partial charge in [0.05, 0.1) is 5.02 Å². The van der Waals surface area contributed by atoms with E-state index in [1.165, 1.54) is 0 Å². The van der Waals surface area contributed by atoms with Gasteiger partial charge >= 0.3 is 0 Å². The average molecular weight is 322 g/mol. The van der Waals surface area contributed by atoms with Gasteiger partial charge in [-0.05, 0) is 30.2 Å². The van der Waals surface area contributed by atoms with Crippen LogP contribution in [0.25, 0.3) is 33.2 Å². The van der Waals surface area contributed by atoms with Crippen LogP contribution in [0.15, 0.2) is 53.1 Å². The first-order chi connectivity index (χ1) is 11.2. The van der Waals surface area contributed by atoms with Crippen molar-refractivity contribution >= 4 is 40.0 Å². The van der Waals surface area contributed by atoms with Crippen LogP contribution in [0.5, 0.6) is 0 Å². The van der Waals surface area contributed by atoms with Crippen molar-refractivity contribution in [2.75, 3.05) is 0 Å². The van der Waals surface area contributed by atoms with Gasteiger partial charge in [-0.3, -0.25) is 9.78 Å². The summed E-state index contributed by atoms with van der Waals surface area (Å²) in [4.78, 5) is 15.9. The predicted molar refractivity (Wildman–Crippen MR) is 92.1 cm³/mol. The fourth-order valence-electron chi connectivity index (χ4n) is 2.94. The smallest absolute Gasteiger partial charge is 0.162 e. The van der Waals surface area contributed by atoms with Gasteiger partial charge in [0.1, 0.15) is 5.52 Å². The number of aldehydes is 1. The van der Waals surface area contributed by atoms with Crippen LogP contribution in [-0.2, 0) is 0 Å². The van der Waals surface area contributed by atoms with Crippen LogP contribution in [0.4, 0.5) is 0 Å². The summed E-state index contributed by atoms with van der Waals surface area (Å²) in [6.07, 6.45) is 2.66. The van der Waals surface area contributed by atoms with Crippen molar-refractivity contribution < 1.29 is 9.21 Å². The van der Waals surface area contributed by atoms with Gasteiger partial charge in [-0.25, -0.2) is 0 Å². The van der Waals surface area contributed by atoms with Crippen LogP contribution in [-0.4, -0.2) is 11.3 Å². The maximum Gasteiger partial charge on any atom is 0.162 e. The molecule has 4 heteroatoms. The van der Waals surface area contributed by atoms with Gasteiger partial charge in [0.2, 0.25) is 0 Å². The van der Waals surface area contributed by atoms with E-state index in [4.69, 9.17) is 16.0 Å². The maximum absolute atomic E-state index is 11.4. The van der Waals surface area contributed by atoms with Crippen LogP contribution in [0.2, 0.25) is 5.02 Å². The lowest BCUT2D eigenvalue weighted by Gasteiger charge is -2.08. The van der Waals surface area contributed by atoms with Crippen molar-refractivity contribution in [2.24, 2.45) is 0 Å². The SMILES string of the molecule is Cc1cnc2c(oc3c(Cl)cccc32)c1-c1ccccc1C=O. The number of furan rings is 1. The Balaban J connectivity index is 2.18. The van der Waals surface area contributed by atoms with Crippen molar-refractivity contribution in [2.45, 2.75) is 6.92 Å². The Bertz CT molecular complexity index is 1070. The quantitative estimate of drug-likeness (QED) is 0.463. The van der Waals surface area contributed by atoms with Gasteiger partial charge in [-0.2, -0.15) is 0 Å². The zero-order chi connectivity index (χ0) is 16.0. The lowest BCUT2D eigenvalue weighted by Crippen LogP contribution is -1.91. The Morgan fingerprint density at radius 3 is 2.74 bits per heavy atom. The minimum Gasteiger partial charge on any atom is -0.452 e. The molecule has 23 heavy (non-hydrogen) atoms. The van der Waals surface area contributed by atoms with Crippen molar-refractivity contribution in [3.63, 3.8) is 0 Å². The number of carbonyl (C=O) groups is 1. The number of para-hydroxylation sites is 1. The zero-order valence-electron chi connectivity index (χ0n) is 12.3. The molecule has 0 aliphatic carbocycles. The number of hydrogen-bond acceptors (Lipinski definition) is 3. The zero-order valence-corrected chi connectivity index (χ0v) is 13.1. The van der Waals surface area contributed by atoms with E-state index in [0.717, 1.165) is 33.9 Å². The van der Waals surface area contributed by atoms with E-state index in [-0.39, 0.29) is 0 Å². The second kappa shape index (κ2) is 5.21. The van der Waals surface area contributed by atoms with Gasteiger partial charge in [-0.15, -0.1) is 0 Å². The molecule has 0 atom stereocenters. The van der Waals surface area contributed by atoms with Crippen LogP contribution < -0.4 is 0 Å². The summed E-state index contributed by atoms with van der Waals surface area (Å²) in [6.45, 7) is 1.96. The molecule has 0 N–H and O–H groups in total. The molecule has 0 saturated heterocycles. The molecule has 0 spiro atoms. The minimum atomic E-state index is 0.549. The highest BCUT2D eigenvalue weighted by Gasteiger charge is 2.18. The standard InChI is InChI=1S/C19H12ClNO2/c1-11-9-21-17-14-7-4-8-15(20)18(14)23-19(17)16(11)13-6-3-2-5-12(13)10-22/h2-10H,1H3. The van der Waals surface area contributed by atoms with E-state index in [1.54, 1.807) is 18.3 Å². The average Bonchev–Trinajstić information content (AvgIpc) is 2.95. The molecule has 112 valence electrons. The summed E-state index contributed by atoms with van der Waals surface area (Å²) in [5, 5.41) is 1.42.